The minimum atomic E-state index is 0.403. The highest BCUT2D eigenvalue weighted by molar-refractivity contribution is 7.10. The number of aromatic nitrogens is 1. The first-order valence-corrected chi connectivity index (χ1v) is 11.4. The molecular weight excluding hydrogens is 378 g/mol. The number of pyridine rings is 1. The zero-order valence-corrected chi connectivity index (χ0v) is 17.8. The number of thiophene rings is 1. The highest BCUT2D eigenvalue weighted by Gasteiger charge is 2.24. The Balaban J connectivity index is 1.48. The largest absolute Gasteiger partial charge is 0.357 e. The van der Waals surface area contributed by atoms with Gasteiger partial charge in [0.05, 0.1) is 18.1 Å². The number of hydrogen-bond acceptors (Lipinski definition) is 4. The van der Waals surface area contributed by atoms with Crippen LogP contribution in [0.2, 0.25) is 0 Å². The van der Waals surface area contributed by atoms with Crippen molar-refractivity contribution in [2.75, 3.05) is 26.2 Å². The summed E-state index contributed by atoms with van der Waals surface area (Å²) in [5.74, 6) is 0.862. The monoisotopic (exact) mass is 407 g/mol. The Kier molecular flexibility index (Phi) is 6.75. The third-order valence-electron chi connectivity index (χ3n) is 5.38. The summed E-state index contributed by atoms with van der Waals surface area (Å²) in [7, 11) is 0. The summed E-state index contributed by atoms with van der Waals surface area (Å²) in [6, 6.07) is 15.2. The fourth-order valence-electron chi connectivity index (χ4n) is 3.94. The van der Waals surface area contributed by atoms with E-state index in [-0.39, 0.29) is 0 Å². The number of nitrogens with zero attached hydrogens (tertiary/aromatic N) is 3. The molecule has 1 aliphatic rings. The zero-order chi connectivity index (χ0) is 19.9. The Labute approximate surface area is 176 Å². The van der Waals surface area contributed by atoms with E-state index in [1.165, 1.54) is 30.8 Å². The Hall–Kier alpha value is -2.44. The van der Waals surface area contributed by atoms with Gasteiger partial charge in [-0.05, 0) is 55.9 Å². The van der Waals surface area contributed by atoms with Crippen molar-refractivity contribution in [1.82, 2.24) is 20.5 Å². The third-order valence-corrected chi connectivity index (χ3v) is 6.36. The summed E-state index contributed by atoms with van der Waals surface area (Å²) in [6.45, 7) is 6.78. The molecule has 1 aromatic carbocycles. The van der Waals surface area contributed by atoms with Crippen molar-refractivity contribution in [2.24, 2.45) is 4.99 Å². The fraction of sp³-hybridized carbons (Fsp3) is 0.391. The molecule has 0 amide bonds. The van der Waals surface area contributed by atoms with Gasteiger partial charge in [-0.3, -0.25) is 9.88 Å². The molecule has 0 aliphatic carbocycles. The maximum atomic E-state index is 4.85. The van der Waals surface area contributed by atoms with Crippen molar-refractivity contribution in [2.45, 2.75) is 32.4 Å². The molecule has 4 rings (SSSR count). The molecule has 5 nitrogen and oxygen atoms in total. The second-order valence-electron chi connectivity index (χ2n) is 7.34. The van der Waals surface area contributed by atoms with E-state index < -0.39 is 0 Å². The molecule has 1 aliphatic heterocycles. The predicted octanol–water partition coefficient (Wildman–Crippen LogP) is 4.19. The van der Waals surface area contributed by atoms with Crippen LogP contribution in [0.3, 0.4) is 0 Å². The minimum absolute atomic E-state index is 0.403. The second-order valence-corrected chi connectivity index (χ2v) is 8.32. The molecule has 0 radical (unpaired) electrons. The van der Waals surface area contributed by atoms with Crippen LogP contribution in [-0.4, -0.2) is 42.0 Å². The molecule has 0 spiro atoms. The number of fused-ring (bicyclic) bond motifs is 1. The number of nitrogens with one attached hydrogen (secondary N) is 2. The van der Waals surface area contributed by atoms with Gasteiger partial charge in [0.15, 0.2) is 5.96 Å². The lowest BCUT2D eigenvalue weighted by Crippen LogP contribution is -2.42. The van der Waals surface area contributed by atoms with Crippen molar-refractivity contribution in [3.8, 4) is 0 Å². The molecule has 1 unspecified atom stereocenters. The molecule has 2 N–H and O–H groups in total. The number of benzene rings is 1. The van der Waals surface area contributed by atoms with E-state index in [9.17, 15) is 0 Å². The Morgan fingerprint density at radius 1 is 1.14 bits per heavy atom. The molecule has 1 saturated heterocycles. The van der Waals surface area contributed by atoms with E-state index in [1.807, 2.05) is 23.6 Å². The minimum Gasteiger partial charge on any atom is -0.357 e. The first-order chi connectivity index (χ1) is 14.3. The molecule has 0 bridgehead atoms. The van der Waals surface area contributed by atoms with Crippen LogP contribution in [-0.2, 0) is 6.54 Å². The molecule has 6 heteroatoms. The van der Waals surface area contributed by atoms with Crippen LogP contribution >= 0.6 is 11.3 Å². The average molecular weight is 408 g/mol. The number of hydrogen-bond donors (Lipinski definition) is 2. The molecule has 1 fully saturated rings. The summed E-state index contributed by atoms with van der Waals surface area (Å²) in [6.07, 6.45) is 4.44. The molecular formula is C23H29N5S. The van der Waals surface area contributed by atoms with E-state index in [4.69, 9.17) is 4.99 Å². The quantitative estimate of drug-likeness (QED) is 0.456. The van der Waals surface area contributed by atoms with Crippen LogP contribution in [0.25, 0.3) is 10.9 Å². The lowest BCUT2D eigenvalue weighted by Gasteiger charge is -2.27. The van der Waals surface area contributed by atoms with Gasteiger partial charge in [-0.1, -0.05) is 30.3 Å². The molecule has 3 aromatic rings. The van der Waals surface area contributed by atoms with Crippen LogP contribution in [0.5, 0.6) is 0 Å². The van der Waals surface area contributed by atoms with Crippen molar-refractivity contribution >= 4 is 28.2 Å². The van der Waals surface area contributed by atoms with Crippen molar-refractivity contribution in [3.63, 3.8) is 0 Å². The first kappa shape index (κ1) is 19.9. The topological polar surface area (TPSA) is 52.6 Å². The van der Waals surface area contributed by atoms with Gasteiger partial charge in [0.2, 0.25) is 0 Å². The van der Waals surface area contributed by atoms with Gasteiger partial charge in [0.1, 0.15) is 0 Å². The van der Waals surface area contributed by atoms with Crippen LogP contribution in [0, 0.1) is 0 Å². The summed E-state index contributed by atoms with van der Waals surface area (Å²) in [4.78, 5) is 13.4. The zero-order valence-electron chi connectivity index (χ0n) is 17.0. The number of aliphatic imine (C=N–C) groups is 1. The second kappa shape index (κ2) is 9.85. The van der Waals surface area contributed by atoms with Gasteiger partial charge in [0.25, 0.3) is 0 Å². The summed E-state index contributed by atoms with van der Waals surface area (Å²) in [5.41, 5.74) is 2.18. The number of rotatable bonds is 7. The van der Waals surface area contributed by atoms with Gasteiger partial charge in [-0.2, -0.15) is 0 Å². The SMILES string of the molecule is CCNC(=NCc1cccc2cccnc12)NCC(c1cccs1)N1CCCC1. The van der Waals surface area contributed by atoms with Gasteiger partial charge in [-0.15, -0.1) is 11.3 Å². The molecule has 152 valence electrons. The normalized spacial score (nSPS) is 16.2. The Morgan fingerprint density at radius 2 is 2.00 bits per heavy atom. The standard InChI is InChI=1S/C23H29N5S/c1-2-24-23(26-16-19-9-5-8-18-10-6-12-25-22(18)19)27-17-20(21-11-7-15-29-21)28-13-3-4-14-28/h5-12,15,20H,2-4,13-14,16-17H2,1H3,(H2,24,26,27). The maximum Gasteiger partial charge on any atom is 0.191 e. The Bertz CT molecular complexity index is 926. The third kappa shape index (κ3) is 4.95. The smallest absolute Gasteiger partial charge is 0.191 e. The van der Waals surface area contributed by atoms with Crippen LogP contribution in [0.1, 0.15) is 36.2 Å². The van der Waals surface area contributed by atoms with Crippen molar-refractivity contribution in [1.29, 1.82) is 0 Å². The van der Waals surface area contributed by atoms with Gasteiger partial charge >= 0.3 is 0 Å². The van der Waals surface area contributed by atoms with E-state index in [1.54, 1.807) is 0 Å². The lowest BCUT2D eigenvalue weighted by molar-refractivity contribution is 0.249. The van der Waals surface area contributed by atoms with Crippen LogP contribution in [0.15, 0.2) is 59.0 Å². The average Bonchev–Trinajstić information content (AvgIpc) is 3.47. The maximum absolute atomic E-state index is 4.85. The van der Waals surface area contributed by atoms with Crippen LogP contribution in [0.4, 0.5) is 0 Å². The van der Waals surface area contributed by atoms with Gasteiger partial charge in [-0.25, -0.2) is 4.99 Å². The van der Waals surface area contributed by atoms with Gasteiger partial charge in [0, 0.05) is 29.5 Å². The molecule has 29 heavy (non-hydrogen) atoms. The molecule has 0 saturated carbocycles. The van der Waals surface area contributed by atoms with E-state index in [0.29, 0.717) is 12.6 Å². The Morgan fingerprint density at radius 3 is 2.79 bits per heavy atom. The summed E-state index contributed by atoms with van der Waals surface area (Å²) < 4.78 is 0. The number of guanidine groups is 1. The summed E-state index contributed by atoms with van der Waals surface area (Å²) >= 11 is 1.84. The first-order valence-electron chi connectivity index (χ1n) is 10.5. The fourth-order valence-corrected chi connectivity index (χ4v) is 4.80. The van der Waals surface area contributed by atoms with Gasteiger partial charge < -0.3 is 10.6 Å². The van der Waals surface area contributed by atoms with E-state index in [0.717, 1.165) is 35.5 Å². The van der Waals surface area contributed by atoms with E-state index in [2.05, 4.69) is 69.2 Å². The molecule has 3 heterocycles. The summed E-state index contributed by atoms with van der Waals surface area (Å²) in [5, 5.41) is 10.3. The highest BCUT2D eigenvalue weighted by Crippen LogP contribution is 2.27. The van der Waals surface area contributed by atoms with Crippen LogP contribution < -0.4 is 10.6 Å². The predicted molar refractivity (Wildman–Crippen MR) is 122 cm³/mol. The highest BCUT2D eigenvalue weighted by atomic mass is 32.1. The lowest BCUT2D eigenvalue weighted by atomic mass is 10.1. The van der Waals surface area contributed by atoms with E-state index >= 15 is 0 Å². The van der Waals surface area contributed by atoms with Crippen molar-refractivity contribution in [3.05, 3.63) is 64.5 Å². The number of likely N-dealkylation sites (tertiary alicyclic amines) is 1. The number of para-hydroxylation sites is 1. The molecule has 1 atom stereocenters. The molecule has 2 aromatic heterocycles. The van der Waals surface area contributed by atoms with Crippen molar-refractivity contribution < 1.29 is 0 Å².